The molecule has 158 valence electrons. The van der Waals surface area contributed by atoms with E-state index in [1.807, 2.05) is 0 Å². The zero-order chi connectivity index (χ0) is 21.5. The molecule has 0 saturated carbocycles. The first-order valence-electron chi connectivity index (χ1n) is 9.00. The third-order valence-electron chi connectivity index (χ3n) is 4.00. The average Bonchev–Trinajstić information content (AvgIpc) is 3.16. The van der Waals surface area contributed by atoms with E-state index in [9.17, 15) is 9.18 Å². The number of carbonyl (C=O) groups is 1. The highest BCUT2D eigenvalue weighted by atomic mass is 35.5. The van der Waals surface area contributed by atoms with Crippen molar-refractivity contribution in [2.45, 2.75) is 25.0 Å². The molecule has 0 bridgehead atoms. The maximum absolute atomic E-state index is 13.5. The molecule has 0 aliphatic heterocycles. The molecular weight excluding hydrogens is 452 g/mol. The van der Waals surface area contributed by atoms with E-state index in [-0.39, 0.29) is 22.7 Å². The Labute approximate surface area is 187 Å². The molecule has 10 heteroatoms. The number of ether oxygens (including phenoxy) is 1. The van der Waals surface area contributed by atoms with Crippen molar-refractivity contribution in [2.75, 3.05) is 17.7 Å². The van der Waals surface area contributed by atoms with Gasteiger partial charge in [-0.1, -0.05) is 41.0 Å². The predicted molar refractivity (Wildman–Crippen MR) is 115 cm³/mol. The number of anilines is 1. The van der Waals surface area contributed by atoms with Gasteiger partial charge in [-0.3, -0.25) is 4.79 Å². The topological polar surface area (TPSA) is 77.2 Å². The SMILES string of the molecule is Cc1c(F)cccc1NC(=O)CSc1nnc(CCCOc2ccc(Cl)cc2Cl)o1. The summed E-state index contributed by atoms with van der Waals surface area (Å²) in [6.07, 6.45) is 1.16. The van der Waals surface area contributed by atoms with Gasteiger partial charge >= 0.3 is 0 Å². The minimum atomic E-state index is -0.371. The maximum atomic E-state index is 13.5. The Morgan fingerprint density at radius 3 is 2.90 bits per heavy atom. The summed E-state index contributed by atoms with van der Waals surface area (Å²) in [4.78, 5) is 12.1. The molecule has 0 spiro atoms. The van der Waals surface area contributed by atoms with Crippen molar-refractivity contribution in [3.05, 3.63) is 63.7 Å². The van der Waals surface area contributed by atoms with Crippen LogP contribution >= 0.6 is 35.0 Å². The van der Waals surface area contributed by atoms with Crippen LogP contribution in [0.15, 0.2) is 46.0 Å². The fourth-order valence-electron chi connectivity index (χ4n) is 2.45. The van der Waals surface area contributed by atoms with Gasteiger partial charge in [-0.2, -0.15) is 0 Å². The molecule has 0 unspecified atom stereocenters. The predicted octanol–water partition coefficient (Wildman–Crippen LogP) is 5.57. The summed E-state index contributed by atoms with van der Waals surface area (Å²) in [5.74, 6) is 0.411. The van der Waals surface area contributed by atoms with E-state index in [2.05, 4.69) is 15.5 Å². The molecule has 1 aromatic heterocycles. The lowest BCUT2D eigenvalue weighted by Crippen LogP contribution is -2.15. The van der Waals surface area contributed by atoms with Crippen molar-refractivity contribution in [1.29, 1.82) is 0 Å². The van der Waals surface area contributed by atoms with Gasteiger partial charge in [-0.15, -0.1) is 10.2 Å². The van der Waals surface area contributed by atoms with Crippen molar-refractivity contribution in [3.63, 3.8) is 0 Å². The molecule has 0 radical (unpaired) electrons. The molecule has 2 aromatic carbocycles. The smallest absolute Gasteiger partial charge is 0.277 e. The van der Waals surface area contributed by atoms with Crippen LogP contribution in [0.25, 0.3) is 0 Å². The monoisotopic (exact) mass is 469 g/mol. The van der Waals surface area contributed by atoms with Gasteiger partial charge < -0.3 is 14.5 Å². The third-order valence-corrected chi connectivity index (χ3v) is 5.35. The van der Waals surface area contributed by atoms with Crippen LogP contribution < -0.4 is 10.1 Å². The number of thioether (sulfide) groups is 1. The zero-order valence-electron chi connectivity index (χ0n) is 16.0. The van der Waals surface area contributed by atoms with Crippen molar-refractivity contribution >= 4 is 46.6 Å². The van der Waals surface area contributed by atoms with Crippen LogP contribution in [0.1, 0.15) is 17.9 Å². The molecule has 3 rings (SSSR count). The third kappa shape index (κ3) is 6.35. The minimum Gasteiger partial charge on any atom is -0.492 e. The molecule has 0 fully saturated rings. The molecule has 1 amide bonds. The Morgan fingerprint density at radius 1 is 1.27 bits per heavy atom. The van der Waals surface area contributed by atoms with Gasteiger partial charge in [0.2, 0.25) is 11.8 Å². The standard InChI is InChI=1S/C20H18Cl2FN3O3S/c1-12-15(23)4-2-5-16(12)24-18(27)11-30-20-26-25-19(29-20)6-3-9-28-17-8-7-13(21)10-14(17)22/h2,4-5,7-8,10H,3,6,9,11H2,1H3,(H,24,27). The van der Waals surface area contributed by atoms with Crippen LogP contribution in [0.5, 0.6) is 5.75 Å². The Kier molecular flexibility index (Phi) is 7.95. The van der Waals surface area contributed by atoms with E-state index in [0.29, 0.717) is 52.4 Å². The zero-order valence-corrected chi connectivity index (χ0v) is 18.3. The second-order valence-electron chi connectivity index (χ2n) is 6.24. The summed E-state index contributed by atoms with van der Waals surface area (Å²) in [6, 6.07) is 9.56. The highest BCUT2D eigenvalue weighted by Gasteiger charge is 2.12. The van der Waals surface area contributed by atoms with Gasteiger partial charge in [-0.05, 0) is 43.7 Å². The van der Waals surface area contributed by atoms with Crippen LogP contribution in [0.2, 0.25) is 10.0 Å². The number of nitrogens with one attached hydrogen (secondary N) is 1. The van der Waals surface area contributed by atoms with Crippen LogP contribution in [0.4, 0.5) is 10.1 Å². The van der Waals surface area contributed by atoms with Gasteiger partial charge in [0.05, 0.1) is 17.4 Å². The number of amides is 1. The van der Waals surface area contributed by atoms with Crippen LogP contribution in [-0.4, -0.2) is 28.5 Å². The lowest BCUT2D eigenvalue weighted by Gasteiger charge is -2.07. The summed E-state index contributed by atoms with van der Waals surface area (Å²) in [7, 11) is 0. The number of rotatable bonds is 9. The molecule has 0 atom stereocenters. The summed E-state index contributed by atoms with van der Waals surface area (Å²) in [6.45, 7) is 2.02. The van der Waals surface area contributed by atoms with E-state index in [0.717, 1.165) is 11.8 Å². The van der Waals surface area contributed by atoms with Crippen LogP contribution in [0.3, 0.4) is 0 Å². The fraction of sp³-hybridized carbons (Fsp3) is 0.250. The molecule has 1 heterocycles. The molecule has 0 saturated heterocycles. The number of carbonyl (C=O) groups excluding carboxylic acids is 1. The van der Waals surface area contributed by atoms with E-state index in [1.54, 1.807) is 37.3 Å². The van der Waals surface area contributed by atoms with Gasteiger partial charge in [0, 0.05) is 22.7 Å². The minimum absolute atomic E-state index is 0.0652. The first-order valence-corrected chi connectivity index (χ1v) is 10.7. The molecule has 3 aromatic rings. The van der Waals surface area contributed by atoms with E-state index in [4.69, 9.17) is 32.4 Å². The number of aromatic nitrogens is 2. The molecule has 1 N–H and O–H groups in total. The lowest BCUT2D eigenvalue weighted by atomic mass is 10.2. The average molecular weight is 470 g/mol. The van der Waals surface area contributed by atoms with Crippen molar-refractivity contribution in [1.82, 2.24) is 10.2 Å². The second kappa shape index (κ2) is 10.7. The highest BCUT2D eigenvalue weighted by Crippen LogP contribution is 2.27. The number of aryl methyl sites for hydroxylation is 1. The first kappa shape index (κ1) is 22.4. The second-order valence-corrected chi connectivity index (χ2v) is 8.01. The molecular formula is C20H18Cl2FN3O3S. The van der Waals surface area contributed by atoms with Crippen LogP contribution in [0, 0.1) is 12.7 Å². The molecule has 0 aliphatic carbocycles. The lowest BCUT2D eigenvalue weighted by molar-refractivity contribution is -0.113. The van der Waals surface area contributed by atoms with Gasteiger partial charge in [0.1, 0.15) is 11.6 Å². The van der Waals surface area contributed by atoms with Gasteiger partial charge in [0.25, 0.3) is 5.22 Å². The molecule has 6 nitrogen and oxygen atoms in total. The van der Waals surface area contributed by atoms with E-state index in [1.165, 1.54) is 6.07 Å². The first-order chi connectivity index (χ1) is 14.4. The Morgan fingerprint density at radius 2 is 2.10 bits per heavy atom. The van der Waals surface area contributed by atoms with Crippen molar-refractivity contribution < 1.29 is 18.3 Å². The number of benzene rings is 2. The maximum Gasteiger partial charge on any atom is 0.277 e. The van der Waals surface area contributed by atoms with Gasteiger partial charge in [0.15, 0.2) is 0 Å². The fourth-order valence-corrected chi connectivity index (χ4v) is 3.50. The normalized spacial score (nSPS) is 10.8. The number of nitrogens with zero attached hydrogens (tertiary/aromatic N) is 2. The van der Waals surface area contributed by atoms with Crippen molar-refractivity contribution in [2.24, 2.45) is 0 Å². The number of hydrogen-bond donors (Lipinski definition) is 1. The van der Waals surface area contributed by atoms with E-state index >= 15 is 0 Å². The summed E-state index contributed by atoms with van der Waals surface area (Å²) >= 11 is 13.0. The Bertz CT molecular complexity index is 1030. The largest absolute Gasteiger partial charge is 0.492 e. The van der Waals surface area contributed by atoms with Gasteiger partial charge in [-0.25, -0.2) is 4.39 Å². The molecule has 30 heavy (non-hydrogen) atoms. The Hall–Kier alpha value is -2.29. The summed E-state index contributed by atoms with van der Waals surface area (Å²) in [5, 5.41) is 11.8. The van der Waals surface area contributed by atoms with Crippen molar-refractivity contribution in [3.8, 4) is 5.75 Å². The number of hydrogen-bond acceptors (Lipinski definition) is 6. The van der Waals surface area contributed by atoms with Crippen LogP contribution in [-0.2, 0) is 11.2 Å². The Balaban J connectivity index is 1.40. The quantitative estimate of drug-likeness (QED) is 0.326. The van der Waals surface area contributed by atoms with E-state index < -0.39 is 0 Å². The highest BCUT2D eigenvalue weighted by molar-refractivity contribution is 7.99. The molecule has 0 aliphatic rings. The number of halogens is 3. The summed E-state index contributed by atoms with van der Waals surface area (Å²) < 4.78 is 24.7. The summed E-state index contributed by atoms with van der Waals surface area (Å²) in [5.41, 5.74) is 0.825.